The van der Waals surface area contributed by atoms with E-state index in [-0.39, 0.29) is 11.3 Å². The number of anilines is 1. The van der Waals surface area contributed by atoms with Gasteiger partial charge >= 0.3 is 12.1 Å². The van der Waals surface area contributed by atoms with E-state index in [0.29, 0.717) is 5.75 Å². The van der Waals surface area contributed by atoms with Crippen LogP contribution in [0.3, 0.4) is 0 Å². The number of aromatic carboxylic acids is 1. The van der Waals surface area contributed by atoms with Gasteiger partial charge in [-0.2, -0.15) is 0 Å². The van der Waals surface area contributed by atoms with Crippen LogP contribution in [0.25, 0.3) is 10.8 Å². The molecule has 3 rings (SSSR count). The molecule has 3 aromatic carbocycles. The normalized spacial score (nSPS) is 10.3. The number of carbonyl (C=O) groups excluding carboxylic acids is 1. The summed E-state index contributed by atoms with van der Waals surface area (Å²) in [6.45, 7) is 0. The zero-order valence-corrected chi connectivity index (χ0v) is 12.4. The topological polar surface area (TPSA) is 95.9 Å². The van der Waals surface area contributed by atoms with Crippen LogP contribution in [0.4, 0.5) is 10.5 Å². The number of benzene rings is 3. The predicted molar refractivity (Wildman–Crippen MR) is 88.7 cm³/mol. The van der Waals surface area contributed by atoms with E-state index in [0.717, 1.165) is 10.8 Å². The molecule has 3 aromatic rings. The third-order valence-electron chi connectivity index (χ3n) is 3.46. The largest absolute Gasteiger partial charge is 0.505 e. The number of nitrogens with one attached hydrogen (secondary N) is 1. The Balaban J connectivity index is 1.84. The number of para-hydroxylation sites is 1. The Morgan fingerprint density at radius 2 is 1.62 bits per heavy atom. The fourth-order valence-corrected chi connectivity index (χ4v) is 2.34. The second-order valence-corrected chi connectivity index (χ2v) is 5.00. The summed E-state index contributed by atoms with van der Waals surface area (Å²) in [6, 6.07) is 16.7. The highest BCUT2D eigenvalue weighted by molar-refractivity contribution is 5.97. The molecule has 0 saturated carbocycles. The Bertz CT molecular complexity index is 930. The number of fused-ring (bicyclic) bond motifs is 1. The SMILES string of the molecule is O=C(Nc1cccc(C(=O)O)c1O)Oc1cccc2ccccc12. The van der Waals surface area contributed by atoms with Gasteiger partial charge in [0, 0.05) is 5.39 Å². The van der Waals surface area contributed by atoms with Gasteiger partial charge in [0.15, 0.2) is 5.75 Å². The van der Waals surface area contributed by atoms with E-state index in [1.807, 2.05) is 30.3 Å². The molecule has 0 radical (unpaired) electrons. The molecule has 24 heavy (non-hydrogen) atoms. The van der Waals surface area contributed by atoms with E-state index in [4.69, 9.17) is 9.84 Å². The van der Waals surface area contributed by atoms with Gasteiger partial charge in [0.25, 0.3) is 0 Å². The highest BCUT2D eigenvalue weighted by Crippen LogP contribution is 2.29. The fraction of sp³-hybridized carbons (Fsp3) is 0. The number of carboxylic acid groups (broad SMARTS) is 1. The van der Waals surface area contributed by atoms with Crippen LogP contribution in [0, 0.1) is 0 Å². The van der Waals surface area contributed by atoms with Gasteiger partial charge in [-0.05, 0) is 23.6 Å². The summed E-state index contributed by atoms with van der Waals surface area (Å²) in [5.74, 6) is -1.46. The summed E-state index contributed by atoms with van der Waals surface area (Å²) in [7, 11) is 0. The molecule has 0 heterocycles. The number of carbonyl (C=O) groups is 2. The molecular formula is C18H13NO5. The van der Waals surface area contributed by atoms with Gasteiger partial charge in [0.05, 0.1) is 5.69 Å². The van der Waals surface area contributed by atoms with Crippen LogP contribution in [-0.2, 0) is 0 Å². The van der Waals surface area contributed by atoms with Gasteiger partial charge in [-0.25, -0.2) is 9.59 Å². The molecule has 0 fully saturated rings. The maximum atomic E-state index is 12.1. The van der Waals surface area contributed by atoms with Crippen LogP contribution < -0.4 is 10.1 Å². The molecule has 6 heteroatoms. The van der Waals surface area contributed by atoms with Gasteiger partial charge < -0.3 is 14.9 Å². The third kappa shape index (κ3) is 2.98. The number of amides is 1. The highest BCUT2D eigenvalue weighted by atomic mass is 16.6. The Kier molecular flexibility index (Phi) is 4.03. The zero-order valence-electron chi connectivity index (χ0n) is 12.4. The predicted octanol–water partition coefficient (Wildman–Crippen LogP) is 3.85. The van der Waals surface area contributed by atoms with Gasteiger partial charge in [0.1, 0.15) is 11.3 Å². The maximum Gasteiger partial charge on any atom is 0.417 e. The van der Waals surface area contributed by atoms with Crippen molar-refractivity contribution in [3.63, 3.8) is 0 Å². The zero-order chi connectivity index (χ0) is 17.1. The maximum absolute atomic E-state index is 12.1. The van der Waals surface area contributed by atoms with Crippen LogP contribution in [0.15, 0.2) is 60.7 Å². The Hall–Kier alpha value is -3.54. The number of carboxylic acids is 1. The second kappa shape index (κ2) is 6.29. The number of aromatic hydroxyl groups is 1. The fourth-order valence-electron chi connectivity index (χ4n) is 2.34. The van der Waals surface area contributed by atoms with Crippen molar-refractivity contribution in [1.29, 1.82) is 0 Å². The van der Waals surface area contributed by atoms with Crippen molar-refractivity contribution in [3.8, 4) is 11.5 Å². The highest BCUT2D eigenvalue weighted by Gasteiger charge is 2.16. The number of hydrogen-bond donors (Lipinski definition) is 3. The first-order valence-electron chi connectivity index (χ1n) is 7.08. The number of phenols is 1. The lowest BCUT2D eigenvalue weighted by Gasteiger charge is -2.11. The lowest BCUT2D eigenvalue weighted by Crippen LogP contribution is -2.17. The minimum atomic E-state index is -1.29. The van der Waals surface area contributed by atoms with Crippen LogP contribution >= 0.6 is 0 Å². The van der Waals surface area contributed by atoms with E-state index in [1.54, 1.807) is 12.1 Å². The molecule has 0 atom stereocenters. The molecule has 3 N–H and O–H groups in total. The monoisotopic (exact) mass is 323 g/mol. The number of hydrogen-bond acceptors (Lipinski definition) is 4. The van der Waals surface area contributed by atoms with Gasteiger partial charge in [-0.3, -0.25) is 5.32 Å². The Morgan fingerprint density at radius 1 is 0.917 bits per heavy atom. The minimum Gasteiger partial charge on any atom is -0.505 e. The summed E-state index contributed by atoms with van der Waals surface area (Å²) < 4.78 is 5.28. The van der Waals surface area contributed by atoms with E-state index < -0.39 is 17.8 Å². The lowest BCUT2D eigenvalue weighted by atomic mass is 10.1. The van der Waals surface area contributed by atoms with E-state index in [9.17, 15) is 14.7 Å². The summed E-state index contributed by atoms with van der Waals surface area (Å²) in [4.78, 5) is 23.1. The van der Waals surface area contributed by atoms with Crippen molar-refractivity contribution >= 4 is 28.5 Å². The van der Waals surface area contributed by atoms with Crippen LogP contribution in [0.1, 0.15) is 10.4 Å². The first-order chi connectivity index (χ1) is 11.6. The summed E-state index contributed by atoms with van der Waals surface area (Å²) in [6.07, 6.45) is -0.829. The van der Waals surface area contributed by atoms with Crippen LogP contribution in [0.2, 0.25) is 0 Å². The molecular weight excluding hydrogens is 310 g/mol. The lowest BCUT2D eigenvalue weighted by molar-refractivity contribution is 0.0693. The molecule has 0 saturated heterocycles. The molecule has 0 bridgehead atoms. The molecule has 0 aliphatic rings. The average molecular weight is 323 g/mol. The first-order valence-corrected chi connectivity index (χ1v) is 7.08. The quantitative estimate of drug-likeness (QED) is 0.636. The van der Waals surface area contributed by atoms with Crippen molar-refractivity contribution in [2.75, 3.05) is 5.32 Å². The van der Waals surface area contributed by atoms with Crippen molar-refractivity contribution in [1.82, 2.24) is 0 Å². The molecule has 0 aliphatic heterocycles. The molecule has 1 amide bonds. The van der Waals surface area contributed by atoms with Crippen molar-refractivity contribution in [2.24, 2.45) is 0 Å². The Labute approximate surface area is 136 Å². The van der Waals surface area contributed by atoms with Gasteiger partial charge in [0.2, 0.25) is 0 Å². The average Bonchev–Trinajstić information content (AvgIpc) is 2.57. The standard InChI is InChI=1S/C18H13NO5/c20-16-13(17(21)22)8-4-9-14(16)19-18(23)24-15-10-3-6-11-5-1-2-7-12(11)15/h1-10,20H,(H,19,23)(H,21,22). The third-order valence-corrected chi connectivity index (χ3v) is 3.46. The van der Waals surface area contributed by atoms with Crippen LogP contribution in [0.5, 0.6) is 11.5 Å². The summed E-state index contributed by atoms with van der Waals surface area (Å²) >= 11 is 0. The number of rotatable bonds is 3. The van der Waals surface area contributed by atoms with E-state index in [2.05, 4.69) is 5.32 Å². The molecule has 0 unspecified atom stereocenters. The van der Waals surface area contributed by atoms with E-state index >= 15 is 0 Å². The molecule has 0 spiro atoms. The second-order valence-electron chi connectivity index (χ2n) is 5.00. The van der Waals surface area contributed by atoms with E-state index in [1.165, 1.54) is 18.2 Å². The minimum absolute atomic E-state index is 0.0415. The smallest absolute Gasteiger partial charge is 0.417 e. The number of ether oxygens (including phenoxy) is 1. The summed E-state index contributed by atoms with van der Waals surface area (Å²) in [5.41, 5.74) is -0.349. The van der Waals surface area contributed by atoms with Gasteiger partial charge in [-0.1, -0.05) is 42.5 Å². The molecule has 6 nitrogen and oxygen atoms in total. The van der Waals surface area contributed by atoms with Gasteiger partial charge in [-0.15, -0.1) is 0 Å². The van der Waals surface area contributed by atoms with Crippen molar-refractivity contribution in [3.05, 3.63) is 66.2 Å². The van der Waals surface area contributed by atoms with Crippen molar-refractivity contribution < 1.29 is 24.5 Å². The molecule has 0 aliphatic carbocycles. The van der Waals surface area contributed by atoms with Crippen LogP contribution in [-0.4, -0.2) is 22.3 Å². The first kappa shape index (κ1) is 15.4. The Morgan fingerprint density at radius 3 is 2.42 bits per heavy atom. The molecule has 0 aromatic heterocycles. The van der Waals surface area contributed by atoms with Crippen molar-refractivity contribution in [2.45, 2.75) is 0 Å². The molecule has 120 valence electrons. The summed E-state index contributed by atoms with van der Waals surface area (Å²) in [5, 5.41) is 22.9.